The summed E-state index contributed by atoms with van der Waals surface area (Å²) >= 11 is 0. The van der Waals surface area contributed by atoms with E-state index in [0.29, 0.717) is 0 Å². The van der Waals surface area contributed by atoms with Crippen LogP contribution in [0.3, 0.4) is 0 Å². The van der Waals surface area contributed by atoms with Gasteiger partial charge in [-0.1, -0.05) is 0 Å². The molecular weight excluding hydrogens is 428 g/mol. The molecule has 28 heavy (non-hydrogen) atoms. The molecule has 1 aromatic heterocycles. The first-order valence-electron chi connectivity index (χ1n) is 7.77. The minimum absolute atomic E-state index is 0.0651. The highest BCUT2D eigenvalue weighted by atomic mass is 31.2. The van der Waals surface area contributed by atoms with Gasteiger partial charge in [-0.05, 0) is 12.8 Å². The fourth-order valence-corrected chi connectivity index (χ4v) is 2.83. The zero-order chi connectivity index (χ0) is 22.1. The van der Waals surface area contributed by atoms with Crippen LogP contribution in [0.2, 0.25) is 0 Å². The summed E-state index contributed by atoms with van der Waals surface area (Å²) in [6.45, 7) is 1.34. The van der Waals surface area contributed by atoms with Gasteiger partial charge in [-0.25, -0.2) is 13.6 Å². The van der Waals surface area contributed by atoms with Crippen LogP contribution in [0.15, 0.2) is 21.9 Å². The molecule has 0 bridgehead atoms. The summed E-state index contributed by atoms with van der Waals surface area (Å²) < 4.78 is 44.6. The van der Waals surface area contributed by atoms with E-state index in [-0.39, 0.29) is 12.8 Å². The van der Waals surface area contributed by atoms with Crippen molar-refractivity contribution >= 4 is 16.0 Å². The average Bonchev–Trinajstić information content (AvgIpc) is 3.04. The van der Waals surface area contributed by atoms with Gasteiger partial charge in [-0.15, -0.1) is 0 Å². The van der Waals surface area contributed by atoms with E-state index >= 15 is 0 Å². The first-order valence-corrected chi connectivity index (χ1v) is 11.3. The van der Waals surface area contributed by atoms with Crippen molar-refractivity contribution in [1.29, 1.82) is 0 Å². The van der Waals surface area contributed by atoms with Crippen molar-refractivity contribution in [3.63, 3.8) is 0 Å². The lowest BCUT2D eigenvalue weighted by atomic mass is 10.1. The maximum atomic E-state index is 13.9. The standard InChI is InChI=1S/C11H15F2N2O6P.CH5O2P.CH4O/c12-11(13,4-6-22(18,19)20)7-1-2-9(21-7)15-5-3-8(16)14-10(15)17;1-4(2)3;1-2/h3,5,7,9H,1-2,4,6H2,(H,14,16,17)(H2,18,19,20);2-3H,1H3;2H,1H3. The second-order valence-corrected chi connectivity index (χ2v) is 8.32. The number of halogens is 2. The number of aliphatic hydroxyl groups is 1. The number of aliphatic hydroxyl groups excluding tert-OH is 1. The number of nitrogens with zero attached hydrogens (tertiary/aromatic N) is 1. The molecule has 2 atom stereocenters. The molecule has 15 heteroatoms. The number of hydrogen-bond acceptors (Lipinski definition) is 7. The lowest BCUT2D eigenvalue weighted by molar-refractivity contribution is -0.145. The first kappa shape index (κ1) is 27.0. The predicted octanol–water partition coefficient (Wildman–Crippen LogP) is -0.0615. The molecule has 1 saturated heterocycles. The van der Waals surface area contributed by atoms with Crippen LogP contribution in [0.25, 0.3) is 0 Å². The Bertz CT molecular complexity index is 747. The predicted molar refractivity (Wildman–Crippen MR) is 96.4 cm³/mol. The second-order valence-electron chi connectivity index (χ2n) is 5.56. The van der Waals surface area contributed by atoms with Crippen LogP contribution in [0, 0.1) is 0 Å². The molecule has 0 aromatic carbocycles. The summed E-state index contributed by atoms with van der Waals surface area (Å²) in [4.78, 5) is 57.2. The van der Waals surface area contributed by atoms with E-state index in [1.807, 2.05) is 4.98 Å². The molecule has 1 fully saturated rings. The zero-order valence-electron chi connectivity index (χ0n) is 15.1. The third-order valence-electron chi connectivity index (χ3n) is 3.37. The largest absolute Gasteiger partial charge is 0.400 e. The van der Waals surface area contributed by atoms with Crippen molar-refractivity contribution in [1.82, 2.24) is 9.55 Å². The van der Waals surface area contributed by atoms with Gasteiger partial charge < -0.3 is 29.4 Å². The zero-order valence-corrected chi connectivity index (χ0v) is 16.9. The van der Waals surface area contributed by atoms with Gasteiger partial charge in [0.05, 0.1) is 6.16 Å². The van der Waals surface area contributed by atoms with Crippen molar-refractivity contribution in [2.75, 3.05) is 19.9 Å². The Hall–Kier alpha value is -1.04. The van der Waals surface area contributed by atoms with Crippen LogP contribution in [0.4, 0.5) is 8.78 Å². The van der Waals surface area contributed by atoms with Crippen molar-refractivity contribution in [2.24, 2.45) is 0 Å². The fraction of sp³-hybridized carbons (Fsp3) is 0.692. The van der Waals surface area contributed by atoms with Crippen molar-refractivity contribution < 1.29 is 42.8 Å². The second kappa shape index (κ2) is 11.8. The van der Waals surface area contributed by atoms with Gasteiger partial charge in [-0.3, -0.25) is 18.9 Å². The molecule has 0 aliphatic carbocycles. The summed E-state index contributed by atoms with van der Waals surface area (Å²) in [7, 11) is -5.14. The van der Waals surface area contributed by atoms with Crippen molar-refractivity contribution in [2.45, 2.75) is 37.5 Å². The Morgan fingerprint density at radius 1 is 1.32 bits per heavy atom. The summed E-state index contributed by atoms with van der Waals surface area (Å²) in [6, 6.07) is 1.07. The van der Waals surface area contributed by atoms with E-state index in [1.165, 1.54) is 6.66 Å². The van der Waals surface area contributed by atoms with Crippen LogP contribution in [0.5, 0.6) is 0 Å². The number of aromatic amines is 1. The molecule has 164 valence electrons. The van der Waals surface area contributed by atoms with Crippen LogP contribution in [0.1, 0.15) is 25.5 Å². The first-order chi connectivity index (χ1) is 12.8. The molecular formula is C13H24F2N2O9P2. The van der Waals surface area contributed by atoms with Crippen LogP contribution >= 0.6 is 16.0 Å². The maximum Gasteiger partial charge on any atom is 0.330 e. The molecule has 2 rings (SSSR count). The SMILES string of the molecule is CO.CP(O)O.O=c1ccn(C2CCC(C(F)(F)CCP(=O)(O)O)O2)c(=O)[nH]1. The molecule has 0 spiro atoms. The minimum atomic E-state index is -4.52. The molecule has 0 saturated carbocycles. The van der Waals surface area contributed by atoms with Crippen LogP contribution < -0.4 is 11.2 Å². The Morgan fingerprint density at radius 3 is 2.32 bits per heavy atom. The fourth-order valence-electron chi connectivity index (χ4n) is 2.24. The van der Waals surface area contributed by atoms with Crippen LogP contribution in [-0.4, -0.2) is 66.2 Å². The monoisotopic (exact) mass is 452 g/mol. The number of H-pyrrole nitrogens is 1. The Kier molecular flexibility index (Phi) is 11.4. The van der Waals surface area contributed by atoms with E-state index < -0.39 is 58.1 Å². The summed E-state index contributed by atoms with van der Waals surface area (Å²) in [5.41, 5.74) is -1.38. The number of aromatic nitrogens is 2. The molecule has 11 nitrogen and oxygen atoms in total. The van der Waals surface area contributed by atoms with Gasteiger partial charge in [0.1, 0.15) is 12.3 Å². The van der Waals surface area contributed by atoms with E-state index in [1.54, 1.807) is 0 Å². The van der Waals surface area contributed by atoms with Gasteiger partial charge >= 0.3 is 13.3 Å². The third-order valence-corrected chi connectivity index (χ3v) is 4.17. The minimum Gasteiger partial charge on any atom is -0.400 e. The summed E-state index contributed by atoms with van der Waals surface area (Å²) in [6.07, 6.45) is -3.22. The molecule has 2 heterocycles. The summed E-state index contributed by atoms with van der Waals surface area (Å²) in [5, 5.41) is 7.00. The Balaban J connectivity index is 0.00000108. The number of hydrogen-bond donors (Lipinski definition) is 6. The topological polar surface area (TPSA) is 182 Å². The van der Waals surface area contributed by atoms with Gasteiger partial charge in [0, 0.05) is 32.5 Å². The van der Waals surface area contributed by atoms with Gasteiger partial charge in [0.25, 0.3) is 11.5 Å². The number of ether oxygens (including phenoxy) is 1. The lowest BCUT2D eigenvalue weighted by Crippen LogP contribution is -2.36. The van der Waals surface area contributed by atoms with Crippen LogP contribution in [-0.2, 0) is 9.30 Å². The van der Waals surface area contributed by atoms with Crippen molar-refractivity contribution in [3.8, 4) is 0 Å². The highest BCUT2D eigenvalue weighted by molar-refractivity contribution is 7.51. The molecule has 6 N–H and O–H groups in total. The van der Waals surface area contributed by atoms with E-state index in [4.69, 9.17) is 29.4 Å². The number of rotatable bonds is 5. The average molecular weight is 452 g/mol. The lowest BCUT2D eigenvalue weighted by Gasteiger charge is -2.24. The third kappa shape index (κ3) is 9.94. The Morgan fingerprint density at radius 2 is 1.86 bits per heavy atom. The smallest absolute Gasteiger partial charge is 0.330 e. The molecule has 1 aliphatic heterocycles. The highest BCUT2D eigenvalue weighted by Gasteiger charge is 2.46. The quantitative estimate of drug-likeness (QED) is 0.333. The maximum absolute atomic E-state index is 13.9. The molecule has 0 radical (unpaired) electrons. The number of alkyl halides is 2. The van der Waals surface area contributed by atoms with E-state index in [0.717, 1.165) is 23.9 Å². The normalized spacial score (nSPS) is 19.5. The number of nitrogens with one attached hydrogen (secondary N) is 1. The van der Waals surface area contributed by atoms with E-state index in [2.05, 4.69) is 0 Å². The van der Waals surface area contributed by atoms with Crippen molar-refractivity contribution in [3.05, 3.63) is 33.1 Å². The van der Waals surface area contributed by atoms with Gasteiger partial charge in [-0.2, -0.15) is 0 Å². The Labute approximate surface area is 159 Å². The highest BCUT2D eigenvalue weighted by Crippen LogP contribution is 2.43. The van der Waals surface area contributed by atoms with Gasteiger partial charge in [0.2, 0.25) is 0 Å². The van der Waals surface area contributed by atoms with Gasteiger partial charge in [0.15, 0.2) is 8.38 Å². The molecule has 1 aromatic rings. The molecule has 0 amide bonds. The summed E-state index contributed by atoms with van der Waals surface area (Å²) in [5.74, 6) is -3.42. The molecule has 1 aliphatic rings. The van der Waals surface area contributed by atoms with E-state index in [9.17, 15) is 22.9 Å². The molecule has 2 unspecified atom stereocenters.